The summed E-state index contributed by atoms with van der Waals surface area (Å²) in [6, 6.07) is 9.94. The fourth-order valence-corrected chi connectivity index (χ4v) is 2.45. The van der Waals surface area contributed by atoms with Crippen LogP contribution < -0.4 is 11.3 Å². The van der Waals surface area contributed by atoms with Gasteiger partial charge in [-0.25, -0.2) is 0 Å². The van der Waals surface area contributed by atoms with Crippen LogP contribution in [0.2, 0.25) is 0 Å². The highest BCUT2D eigenvalue weighted by atomic mass is 32.2. The van der Waals surface area contributed by atoms with Gasteiger partial charge in [-0.1, -0.05) is 42.1 Å². The van der Waals surface area contributed by atoms with E-state index in [2.05, 4.69) is 20.3 Å². The molecule has 0 spiro atoms. The highest BCUT2D eigenvalue weighted by Crippen LogP contribution is 2.20. The molecule has 0 atom stereocenters. The van der Waals surface area contributed by atoms with E-state index in [-0.39, 0.29) is 11.6 Å². The molecule has 0 aliphatic heterocycles. The maximum Gasteiger partial charge on any atom is 0.297 e. The third-order valence-corrected chi connectivity index (χ3v) is 3.47. The summed E-state index contributed by atoms with van der Waals surface area (Å²) in [5, 5.41) is 12.3. The van der Waals surface area contributed by atoms with Crippen LogP contribution in [-0.4, -0.2) is 24.8 Å². The Labute approximate surface area is 111 Å². The number of nitrogens with zero attached hydrogens (tertiary/aromatic N) is 4. The first kappa shape index (κ1) is 11.7. The molecule has 0 aliphatic rings. The first-order valence-electron chi connectivity index (χ1n) is 5.52. The Kier molecular flexibility index (Phi) is 2.92. The summed E-state index contributed by atoms with van der Waals surface area (Å²) in [4.78, 5) is 14.0. The third-order valence-electron chi connectivity index (χ3n) is 2.48. The van der Waals surface area contributed by atoms with Crippen molar-refractivity contribution in [2.45, 2.75) is 10.9 Å². The van der Waals surface area contributed by atoms with Gasteiger partial charge >= 0.3 is 0 Å². The van der Waals surface area contributed by atoms with Crippen LogP contribution in [0.4, 0.5) is 5.95 Å². The molecule has 0 saturated carbocycles. The quantitative estimate of drug-likeness (QED) is 0.681. The van der Waals surface area contributed by atoms with Crippen molar-refractivity contribution in [3.8, 4) is 0 Å². The van der Waals surface area contributed by atoms with Crippen LogP contribution in [0.3, 0.4) is 0 Å². The lowest BCUT2D eigenvalue weighted by Gasteiger charge is -2.00. The van der Waals surface area contributed by atoms with Crippen LogP contribution in [0.15, 0.2) is 40.3 Å². The van der Waals surface area contributed by atoms with E-state index in [1.165, 1.54) is 16.3 Å². The second kappa shape index (κ2) is 4.73. The van der Waals surface area contributed by atoms with E-state index in [9.17, 15) is 4.79 Å². The lowest BCUT2D eigenvalue weighted by atomic mass is 10.2. The Morgan fingerprint density at radius 1 is 1.26 bits per heavy atom. The Morgan fingerprint density at radius 3 is 2.84 bits per heavy atom. The number of nitrogen functional groups attached to an aromatic ring is 1. The summed E-state index contributed by atoms with van der Waals surface area (Å²) < 4.78 is 1.36. The average Bonchev–Trinajstić information content (AvgIpc) is 2.81. The molecule has 0 fully saturated rings. The number of hydrogen-bond acceptors (Lipinski definition) is 6. The van der Waals surface area contributed by atoms with Crippen molar-refractivity contribution in [1.29, 1.82) is 0 Å². The van der Waals surface area contributed by atoms with Gasteiger partial charge in [-0.2, -0.15) is 4.52 Å². The predicted molar refractivity (Wildman–Crippen MR) is 71.8 cm³/mol. The molecule has 0 unspecified atom stereocenters. The number of aromatic amines is 1. The standard InChI is InChI=1S/C11H10N6OS/c12-10-13-9(18)8-14-15-11(17(8)16-10)19-6-7-4-2-1-3-5-7/h1-5H,6H2,(H3,12,13,16,18). The summed E-state index contributed by atoms with van der Waals surface area (Å²) in [5.74, 6) is 0.759. The fourth-order valence-electron chi connectivity index (χ4n) is 1.61. The zero-order valence-corrected chi connectivity index (χ0v) is 10.6. The van der Waals surface area contributed by atoms with Crippen LogP contribution in [-0.2, 0) is 5.75 Å². The Morgan fingerprint density at radius 2 is 2.05 bits per heavy atom. The van der Waals surface area contributed by atoms with Gasteiger partial charge in [-0.05, 0) is 5.56 Å². The minimum atomic E-state index is -0.397. The van der Waals surface area contributed by atoms with E-state index in [1.807, 2.05) is 30.3 Å². The van der Waals surface area contributed by atoms with Crippen molar-refractivity contribution in [3.63, 3.8) is 0 Å². The third kappa shape index (κ3) is 2.29. The van der Waals surface area contributed by atoms with Crippen LogP contribution in [0.1, 0.15) is 5.56 Å². The Bertz CT molecular complexity index is 766. The number of H-pyrrole nitrogens is 1. The normalized spacial score (nSPS) is 10.9. The number of anilines is 1. The molecule has 3 N–H and O–H groups in total. The number of thioether (sulfide) groups is 1. The number of nitrogens with one attached hydrogen (secondary N) is 1. The molecule has 2 heterocycles. The van der Waals surface area contributed by atoms with Gasteiger partial charge in [0.05, 0.1) is 0 Å². The van der Waals surface area contributed by atoms with Crippen molar-refractivity contribution in [1.82, 2.24) is 24.8 Å². The predicted octanol–water partition coefficient (Wildman–Crippen LogP) is 0.687. The van der Waals surface area contributed by atoms with Gasteiger partial charge in [-0.3, -0.25) is 9.78 Å². The monoisotopic (exact) mass is 274 g/mol. The smallest absolute Gasteiger partial charge is 0.297 e. The van der Waals surface area contributed by atoms with Crippen molar-refractivity contribution in [3.05, 3.63) is 46.2 Å². The lowest BCUT2D eigenvalue weighted by molar-refractivity contribution is 0.796. The first-order valence-corrected chi connectivity index (χ1v) is 6.50. The molecule has 0 aliphatic carbocycles. The second-order valence-corrected chi connectivity index (χ2v) is 4.77. The van der Waals surface area contributed by atoms with Gasteiger partial charge in [0.15, 0.2) is 0 Å². The van der Waals surface area contributed by atoms with Crippen molar-refractivity contribution in [2.24, 2.45) is 0 Å². The van der Waals surface area contributed by atoms with Crippen LogP contribution >= 0.6 is 11.8 Å². The van der Waals surface area contributed by atoms with Crippen molar-refractivity contribution < 1.29 is 0 Å². The summed E-state index contributed by atoms with van der Waals surface area (Å²) in [6.45, 7) is 0. The molecule has 0 bridgehead atoms. The van der Waals surface area contributed by atoms with E-state index in [4.69, 9.17) is 5.73 Å². The Hall–Kier alpha value is -2.35. The highest BCUT2D eigenvalue weighted by Gasteiger charge is 2.11. The van der Waals surface area contributed by atoms with E-state index >= 15 is 0 Å². The molecule has 3 rings (SSSR count). The topological polar surface area (TPSA) is 102 Å². The molecule has 7 nitrogen and oxygen atoms in total. The molecule has 8 heteroatoms. The maximum atomic E-state index is 11.6. The number of rotatable bonds is 3. The minimum Gasteiger partial charge on any atom is -0.368 e. The van der Waals surface area contributed by atoms with E-state index in [0.29, 0.717) is 5.16 Å². The number of nitrogens with two attached hydrogens (primary N) is 1. The lowest BCUT2D eigenvalue weighted by Crippen LogP contribution is -2.15. The summed E-state index contributed by atoms with van der Waals surface area (Å²) >= 11 is 1.45. The van der Waals surface area contributed by atoms with Gasteiger partial charge in [0.25, 0.3) is 5.56 Å². The van der Waals surface area contributed by atoms with E-state index < -0.39 is 5.56 Å². The average molecular weight is 274 g/mol. The van der Waals surface area contributed by atoms with Gasteiger partial charge in [0.2, 0.25) is 16.8 Å². The molecule has 0 amide bonds. The van der Waals surface area contributed by atoms with Gasteiger partial charge in [0, 0.05) is 5.75 Å². The van der Waals surface area contributed by atoms with Gasteiger partial charge < -0.3 is 5.73 Å². The molecule has 19 heavy (non-hydrogen) atoms. The van der Waals surface area contributed by atoms with Crippen molar-refractivity contribution in [2.75, 3.05) is 5.73 Å². The van der Waals surface area contributed by atoms with Crippen LogP contribution in [0.25, 0.3) is 5.65 Å². The first-order chi connectivity index (χ1) is 9.24. The Balaban J connectivity index is 1.92. The highest BCUT2D eigenvalue weighted by molar-refractivity contribution is 7.98. The molecule has 96 valence electrons. The van der Waals surface area contributed by atoms with Gasteiger partial charge in [-0.15, -0.1) is 15.3 Å². The minimum absolute atomic E-state index is 0.0406. The summed E-state index contributed by atoms with van der Waals surface area (Å²) in [5.41, 5.74) is 6.41. The van der Waals surface area contributed by atoms with Crippen molar-refractivity contribution >= 4 is 23.4 Å². The molecule has 1 aromatic carbocycles. The molecule has 3 aromatic rings. The number of hydrogen-bond donors (Lipinski definition) is 2. The fraction of sp³-hybridized carbons (Fsp3) is 0.0909. The largest absolute Gasteiger partial charge is 0.368 e. The summed E-state index contributed by atoms with van der Waals surface area (Å²) in [7, 11) is 0. The molecule has 2 aromatic heterocycles. The van der Waals surface area contributed by atoms with Crippen LogP contribution in [0, 0.1) is 0 Å². The van der Waals surface area contributed by atoms with E-state index in [0.717, 1.165) is 11.3 Å². The maximum absolute atomic E-state index is 11.6. The van der Waals surface area contributed by atoms with Gasteiger partial charge in [0.1, 0.15) is 0 Å². The number of benzene rings is 1. The SMILES string of the molecule is Nc1nn2c(SCc3ccccc3)nnc2c(=O)[nH]1. The van der Waals surface area contributed by atoms with Crippen LogP contribution in [0.5, 0.6) is 0 Å². The zero-order chi connectivity index (χ0) is 13.2. The number of fused-ring (bicyclic) bond motifs is 1. The zero-order valence-electron chi connectivity index (χ0n) is 9.78. The molecule has 0 saturated heterocycles. The number of aromatic nitrogens is 5. The molecule has 0 radical (unpaired) electrons. The molecular weight excluding hydrogens is 264 g/mol. The molecular formula is C11H10N6OS. The second-order valence-electron chi connectivity index (χ2n) is 3.83. The summed E-state index contributed by atoms with van der Waals surface area (Å²) in [6.07, 6.45) is 0. The van der Waals surface area contributed by atoms with E-state index in [1.54, 1.807) is 0 Å².